The molecule has 1 heterocycles. The van der Waals surface area contributed by atoms with Crippen LogP contribution in [0.1, 0.15) is 13.3 Å². The van der Waals surface area contributed by atoms with Gasteiger partial charge in [-0.05, 0) is 24.6 Å². The highest BCUT2D eigenvalue weighted by atomic mass is 35.5. The molecule has 0 spiro atoms. The van der Waals surface area contributed by atoms with E-state index in [0.29, 0.717) is 26.3 Å². The summed E-state index contributed by atoms with van der Waals surface area (Å²) in [5.74, 6) is -0.951. The topological polar surface area (TPSA) is 66.9 Å². The Balaban J connectivity index is 2.41. The van der Waals surface area contributed by atoms with E-state index in [1.165, 1.54) is 12.1 Å². The van der Waals surface area contributed by atoms with Gasteiger partial charge in [-0.3, -0.25) is 9.10 Å². The SMILES string of the molecule is CC[C@H](C(=O)N1CCOCC1)N(c1ccc(F)c(Cl)c1)S(C)(=O)=O. The molecule has 2 rings (SSSR count). The summed E-state index contributed by atoms with van der Waals surface area (Å²) >= 11 is 5.78. The normalized spacial score (nSPS) is 16.8. The molecular weight excluding hydrogens is 359 g/mol. The van der Waals surface area contributed by atoms with Gasteiger partial charge in [-0.1, -0.05) is 18.5 Å². The number of amides is 1. The smallest absolute Gasteiger partial charge is 0.246 e. The molecule has 0 unspecified atom stereocenters. The Labute approximate surface area is 146 Å². The summed E-state index contributed by atoms with van der Waals surface area (Å²) in [6, 6.07) is 2.69. The maximum absolute atomic E-state index is 13.4. The molecule has 24 heavy (non-hydrogen) atoms. The maximum Gasteiger partial charge on any atom is 0.246 e. The van der Waals surface area contributed by atoms with Crippen LogP contribution in [0.5, 0.6) is 0 Å². The van der Waals surface area contributed by atoms with E-state index in [2.05, 4.69) is 0 Å². The van der Waals surface area contributed by atoms with Gasteiger partial charge < -0.3 is 9.64 Å². The van der Waals surface area contributed by atoms with Gasteiger partial charge in [0, 0.05) is 13.1 Å². The molecule has 1 atom stereocenters. The molecule has 0 radical (unpaired) electrons. The van der Waals surface area contributed by atoms with Crippen LogP contribution >= 0.6 is 11.6 Å². The highest BCUT2D eigenvalue weighted by Gasteiger charge is 2.35. The van der Waals surface area contributed by atoms with Crippen molar-refractivity contribution in [2.45, 2.75) is 19.4 Å². The molecule has 0 aromatic heterocycles. The van der Waals surface area contributed by atoms with E-state index in [-0.39, 0.29) is 23.0 Å². The van der Waals surface area contributed by atoms with Gasteiger partial charge in [0.1, 0.15) is 11.9 Å². The van der Waals surface area contributed by atoms with Crippen LogP contribution in [-0.4, -0.2) is 57.8 Å². The van der Waals surface area contributed by atoms with Crippen LogP contribution in [0.2, 0.25) is 5.02 Å². The Morgan fingerprint density at radius 3 is 2.54 bits per heavy atom. The van der Waals surface area contributed by atoms with Gasteiger partial charge in [-0.2, -0.15) is 0 Å². The molecule has 6 nitrogen and oxygen atoms in total. The van der Waals surface area contributed by atoms with Crippen LogP contribution in [0.3, 0.4) is 0 Å². The summed E-state index contributed by atoms with van der Waals surface area (Å²) in [5.41, 5.74) is 0.164. The van der Waals surface area contributed by atoms with Gasteiger partial charge in [0.25, 0.3) is 0 Å². The second-order valence-corrected chi connectivity index (χ2v) is 7.79. The highest BCUT2D eigenvalue weighted by Crippen LogP contribution is 2.28. The lowest BCUT2D eigenvalue weighted by Crippen LogP contribution is -2.53. The molecule has 1 aromatic carbocycles. The summed E-state index contributed by atoms with van der Waals surface area (Å²) in [4.78, 5) is 14.4. The Kier molecular flexibility index (Phi) is 6.06. The number of benzene rings is 1. The third-order valence-electron chi connectivity index (χ3n) is 3.79. The first-order chi connectivity index (χ1) is 11.3. The molecule has 1 aliphatic rings. The third kappa shape index (κ3) is 4.17. The quantitative estimate of drug-likeness (QED) is 0.784. The monoisotopic (exact) mass is 378 g/mol. The van der Waals surface area contributed by atoms with Crippen molar-refractivity contribution in [3.05, 3.63) is 29.0 Å². The van der Waals surface area contributed by atoms with E-state index in [1.54, 1.807) is 11.8 Å². The van der Waals surface area contributed by atoms with Crippen LogP contribution in [0, 0.1) is 5.82 Å². The van der Waals surface area contributed by atoms with Gasteiger partial charge in [0.05, 0.1) is 30.2 Å². The molecule has 9 heteroatoms. The first-order valence-electron chi connectivity index (χ1n) is 7.56. The molecule has 0 aliphatic carbocycles. The molecule has 1 aliphatic heterocycles. The van der Waals surface area contributed by atoms with Crippen molar-refractivity contribution in [2.24, 2.45) is 0 Å². The number of anilines is 1. The average Bonchev–Trinajstić information content (AvgIpc) is 2.54. The van der Waals surface area contributed by atoms with Gasteiger partial charge >= 0.3 is 0 Å². The van der Waals surface area contributed by atoms with Crippen LogP contribution < -0.4 is 4.31 Å². The van der Waals surface area contributed by atoms with Crippen molar-refractivity contribution in [3.63, 3.8) is 0 Å². The fourth-order valence-electron chi connectivity index (χ4n) is 2.66. The number of morpholine rings is 1. The predicted molar refractivity (Wildman–Crippen MR) is 90.2 cm³/mol. The van der Waals surface area contributed by atoms with Crippen molar-refractivity contribution in [1.82, 2.24) is 4.90 Å². The van der Waals surface area contributed by atoms with Crippen LogP contribution in [0.4, 0.5) is 10.1 Å². The minimum Gasteiger partial charge on any atom is -0.378 e. The van der Waals surface area contributed by atoms with E-state index >= 15 is 0 Å². The van der Waals surface area contributed by atoms with Gasteiger partial charge in [-0.15, -0.1) is 0 Å². The van der Waals surface area contributed by atoms with Gasteiger partial charge in [0.2, 0.25) is 15.9 Å². The number of sulfonamides is 1. The van der Waals surface area contributed by atoms with Crippen molar-refractivity contribution >= 4 is 33.2 Å². The van der Waals surface area contributed by atoms with Crippen LogP contribution in [-0.2, 0) is 19.6 Å². The fourth-order valence-corrected chi connectivity index (χ4v) is 4.03. The summed E-state index contributed by atoms with van der Waals surface area (Å²) < 4.78 is 44.3. The molecular formula is C15H20ClFN2O4S. The molecule has 134 valence electrons. The molecule has 0 N–H and O–H groups in total. The standard InChI is InChI=1S/C15H20ClFN2O4S/c1-3-14(15(20)18-6-8-23-9-7-18)19(24(2,21)22)11-4-5-13(17)12(16)10-11/h4-5,10,14H,3,6-9H2,1-2H3/t14-/m1/s1. The first-order valence-corrected chi connectivity index (χ1v) is 9.79. The number of rotatable bonds is 5. The minimum atomic E-state index is -3.77. The van der Waals surface area contributed by atoms with E-state index in [4.69, 9.17) is 16.3 Å². The van der Waals surface area contributed by atoms with Crippen LogP contribution in [0.15, 0.2) is 18.2 Å². The lowest BCUT2D eigenvalue weighted by atomic mass is 10.1. The Morgan fingerprint density at radius 2 is 2.04 bits per heavy atom. The Bertz CT molecular complexity index is 707. The zero-order valence-electron chi connectivity index (χ0n) is 13.5. The van der Waals surface area contributed by atoms with E-state index in [0.717, 1.165) is 16.6 Å². The van der Waals surface area contributed by atoms with Crippen molar-refractivity contribution < 1.29 is 22.3 Å². The minimum absolute atomic E-state index is 0.164. The molecule has 0 bridgehead atoms. The number of carbonyl (C=O) groups excluding carboxylic acids is 1. The second kappa shape index (κ2) is 7.67. The summed E-state index contributed by atoms with van der Waals surface area (Å²) in [6.45, 7) is 3.40. The zero-order valence-corrected chi connectivity index (χ0v) is 15.1. The molecule has 0 saturated carbocycles. The molecule has 1 saturated heterocycles. The van der Waals surface area contributed by atoms with E-state index in [1.807, 2.05) is 0 Å². The second-order valence-electron chi connectivity index (χ2n) is 5.52. The number of carbonyl (C=O) groups is 1. The predicted octanol–water partition coefficient (Wildman–Crippen LogP) is 1.88. The zero-order chi connectivity index (χ0) is 17.9. The van der Waals surface area contributed by atoms with Crippen LogP contribution in [0.25, 0.3) is 0 Å². The van der Waals surface area contributed by atoms with Gasteiger partial charge in [0.15, 0.2) is 0 Å². The lowest BCUT2D eigenvalue weighted by molar-refractivity contribution is -0.136. The maximum atomic E-state index is 13.4. The Hall–Kier alpha value is -1.38. The summed E-state index contributed by atoms with van der Waals surface area (Å²) in [5, 5.41) is -0.199. The summed E-state index contributed by atoms with van der Waals surface area (Å²) in [6.07, 6.45) is 1.29. The molecule has 1 amide bonds. The number of nitrogens with zero attached hydrogens (tertiary/aromatic N) is 2. The largest absolute Gasteiger partial charge is 0.378 e. The highest BCUT2D eigenvalue weighted by molar-refractivity contribution is 7.92. The van der Waals surface area contributed by atoms with Crippen molar-refractivity contribution in [2.75, 3.05) is 36.9 Å². The number of ether oxygens (including phenoxy) is 1. The number of hydrogen-bond acceptors (Lipinski definition) is 4. The number of halogens is 2. The van der Waals surface area contributed by atoms with Crippen molar-refractivity contribution in [3.8, 4) is 0 Å². The molecule has 1 fully saturated rings. The van der Waals surface area contributed by atoms with Crippen molar-refractivity contribution in [1.29, 1.82) is 0 Å². The van der Waals surface area contributed by atoms with Gasteiger partial charge in [-0.25, -0.2) is 12.8 Å². The fraction of sp³-hybridized carbons (Fsp3) is 0.533. The lowest BCUT2D eigenvalue weighted by Gasteiger charge is -2.35. The Morgan fingerprint density at radius 1 is 1.42 bits per heavy atom. The number of hydrogen-bond donors (Lipinski definition) is 0. The summed E-state index contributed by atoms with van der Waals surface area (Å²) in [7, 11) is -3.77. The average molecular weight is 379 g/mol. The van der Waals surface area contributed by atoms with E-state index in [9.17, 15) is 17.6 Å². The first kappa shape index (κ1) is 19.0. The third-order valence-corrected chi connectivity index (χ3v) is 5.26. The van der Waals surface area contributed by atoms with E-state index < -0.39 is 21.9 Å². The molecule has 1 aromatic rings.